The van der Waals surface area contributed by atoms with Crippen LogP contribution in [0.5, 0.6) is 0 Å². The summed E-state index contributed by atoms with van der Waals surface area (Å²) in [4.78, 5) is 3.60. The highest BCUT2D eigenvalue weighted by molar-refractivity contribution is 7.84. The summed E-state index contributed by atoms with van der Waals surface area (Å²) in [6, 6.07) is 8.52. The van der Waals surface area contributed by atoms with Crippen molar-refractivity contribution in [1.29, 1.82) is 5.41 Å². The van der Waals surface area contributed by atoms with Crippen LogP contribution in [0.3, 0.4) is 0 Å². The zero-order valence-electron chi connectivity index (χ0n) is 15.3. The Labute approximate surface area is 168 Å². The van der Waals surface area contributed by atoms with Crippen molar-refractivity contribution in [1.82, 2.24) is 0 Å². The van der Waals surface area contributed by atoms with Gasteiger partial charge in [0.25, 0.3) is 0 Å². The Morgan fingerprint density at radius 2 is 1.96 bits per heavy atom. The van der Waals surface area contributed by atoms with E-state index in [-0.39, 0.29) is 5.96 Å². The number of nitrogens with one attached hydrogen (secondary N) is 1. The molecule has 0 radical (unpaired) electrons. The fourth-order valence-electron chi connectivity index (χ4n) is 3.19. The predicted molar refractivity (Wildman–Crippen MR) is 107 cm³/mol. The Kier molecular flexibility index (Phi) is 5.72. The van der Waals surface area contributed by atoms with Gasteiger partial charge < -0.3 is 9.80 Å². The normalized spacial score (nSPS) is 15.1. The van der Waals surface area contributed by atoms with Crippen molar-refractivity contribution >= 4 is 39.7 Å². The first-order valence-electron chi connectivity index (χ1n) is 8.52. The Balaban J connectivity index is 1.98. The molecule has 1 heterocycles. The maximum atomic E-state index is 13.2. The van der Waals surface area contributed by atoms with E-state index in [1.807, 2.05) is 0 Å². The lowest BCUT2D eigenvalue weighted by Gasteiger charge is -2.36. The molecular weight excluding hydrogens is 411 g/mol. The first-order valence-corrected chi connectivity index (χ1v) is 10.5. The summed E-state index contributed by atoms with van der Waals surface area (Å²) in [7, 11) is 0.393. The van der Waals surface area contributed by atoms with Crippen LogP contribution in [-0.2, 0) is 23.4 Å². The topological polar surface area (TPSA) is 47.4 Å². The van der Waals surface area contributed by atoms with Crippen molar-refractivity contribution in [3.05, 3.63) is 52.5 Å². The second-order valence-corrected chi connectivity index (χ2v) is 8.33. The number of halogens is 4. The largest absolute Gasteiger partial charge is 0.416 e. The number of guanidine groups is 1. The molecule has 0 aliphatic carbocycles. The number of aryl methyl sites for hydroxylation is 1. The minimum absolute atomic E-state index is 0.00112. The highest BCUT2D eigenvalue weighted by Gasteiger charge is 2.33. The molecule has 0 spiro atoms. The van der Waals surface area contributed by atoms with Gasteiger partial charge in [0.1, 0.15) is 0 Å². The molecule has 4 nitrogen and oxygen atoms in total. The molecule has 2 aromatic rings. The predicted octanol–water partition coefficient (Wildman–Crippen LogP) is 4.92. The Morgan fingerprint density at radius 1 is 1.25 bits per heavy atom. The minimum Gasteiger partial charge on any atom is -0.314 e. The van der Waals surface area contributed by atoms with Gasteiger partial charge in [0.05, 0.1) is 16.3 Å². The summed E-state index contributed by atoms with van der Waals surface area (Å²) in [5.41, 5.74) is 0.879. The highest BCUT2D eigenvalue weighted by Crippen LogP contribution is 2.36. The van der Waals surface area contributed by atoms with Crippen LogP contribution in [0.4, 0.5) is 24.5 Å². The van der Waals surface area contributed by atoms with Crippen molar-refractivity contribution in [2.45, 2.75) is 23.9 Å². The van der Waals surface area contributed by atoms with Crippen LogP contribution in [0.2, 0.25) is 5.02 Å². The smallest absolute Gasteiger partial charge is 0.314 e. The van der Waals surface area contributed by atoms with Crippen LogP contribution in [0.25, 0.3) is 0 Å². The number of anilines is 2. The van der Waals surface area contributed by atoms with Gasteiger partial charge >= 0.3 is 6.18 Å². The molecule has 0 bridgehead atoms. The van der Waals surface area contributed by atoms with Crippen molar-refractivity contribution in [3.8, 4) is 0 Å². The quantitative estimate of drug-likeness (QED) is 0.544. The van der Waals surface area contributed by atoms with Crippen LogP contribution in [0.15, 0.2) is 41.3 Å². The number of rotatable bonds is 2. The molecule has 150 valence electrons. The molecule has 0 amide bonds. The molecule has 2 aromatic carbocycles. The van der Waals surface area contributed by atoms with E-state index in [9.17, 15) is 17.4 Å². The highest BCUT2D eigenvalue weighted by atomic mass is 35.5. The first kappa shape index (κ1) is 20.7. The standard InChI is InChI=1S/C19H19ClF3N3OS/c1-25(17-11-14(28(2)27)7-8-15(17)20)18(24)26-9-3-4-12-5-6-13(10-16(12)26)19(21,22)23/h5-8,10-11,24H,3-4,9H2,1-2H3. The molecule has 1 aliphatic heterocycles. The molecule has 1 N–H and O–H groups in total. The van der Waals surface area contributed by atoms with E-state index in [1.54, 1.807) is 30.1 Å². The first-order chi connectivity index (χ1) is 13.1. The molecule has 1 atom stereocenters. The lowest BCUT2D eigenvalue weighted by atomic mass is 9.99. The van der Waals surface area contributed by atoms with E-state index in [0.717, 1.165) is 24.1 Å². The third kappa shape index (κ3) is 4.03. The third-order valence-electron chi connectivity index (χ3n) is 4.72. The molecular formula is C19H19ClF3N3OS. The molecule has 1 unspecified atom stereocenters. The summed E-state index contributed by atoms with van der Waals surface area (Å²) in [6.45, 7) is 0.425. The van der Waals surface area contributed by atoms with Gasteiger partial charge in [-0.2, -0.15) is 13.2 Å². The van der Waals surface area contributed by atoms with E-state index in [1.165, 1.54) is 17.2 Å². The fraction of sp³-hybridized carbons (Fsp3) is 0.316. The van der Waals surface area contributed by atoms with Gasteiger partial charge in [0.15, 0.2) is 0 Å². The maximum absolute atomic E-state index is 13.2. The number of nitrogens with zero attached hydrogens (tertiary/aromatic N) is 2. The number of hydrogen-bond acceptors (Lipinski definition) is 2. The van der Waals surface area contributed by atoms with Crippen LogP contribution in [0, 0.1) is 5.41 Å². The molecule has 0 saturated carbocycles. The monoisotopic (exact) mass is 429 g/mol. The Hall–Kier alpha value is -2.06. The second-order valence-electron chi connectivity index (χ2n) is 6.55. The van der Waals surface area contributed by atoms with Gasteiger partial charge in [-0.05, 0) is 48.7 Å². The average Bonchev–Trinajstić information content (AvgIpc) is 2.65. The third-order valence-corrected chi connectivity index (χ3v) is 5.95. The lowest BCUT2D eigenvalue weighted by molar-refractivity contribution is -0.137. The zero-order valence-corrected chi connectivity index (χ0v) is 16.9. The fourth-order valence-corrected chi connectivity index (χ4v) is 3.98. The average molecular weight is 430 g/mol. The number of benzene rings is 2. The molecule has 0 aromatic heterocycles. The summed E-state index contributed by atoms with van der Waals surface area (Å²) in [6.07, 6.45) is -1.53. The minimum atomic E-state index is -4.45. The molecule has 1 aliphatic rings. The second kappa shape index (κ2) is 7.75. The van der Waals surface area contributed by atoms with Gasteiger partial charge in [-0.3, -0.25) is 9.62 Å². The SMILES string of the molecule is CN(C(=N)N1CCCc2ccc(C(F)(F)F)cc21)c1cc(S(C)=O)ccc1Cl. The van der Waals surface area contributed by atoms with Crippen molar-refractivity contribution in [3.63, 3.8) is 0 Å². The summed E-state index contributed by atoms with van der Waals surface area (Å²) >= 11 is 6.26. The maximum Gasteiger partial charge on any atom is 0.416 e. The van der Waals surface area contributed by atoms with Gasteiger partial charge in [0, 0.05) is 41.2 Å². The van der Waals surface area contributed by atoms with Gasteiger partial charge in [0.2, 0.25) is 5.96 Å². The molecule has 0 fully saturated rings. The van der Waals surface area contributed by atoms with E-state index in [4.69, 9.17) is 17.0 Å². The van der Waals surface area contributed by atoms with E-state index >= 15 is 0 Å². The molecule has 28 heavy (non-hydrogen) atoms. The Bertz CT molecular complexity index is 949. The van der Waals surface area contributed by atoms with Crippen LogP contribution < -0.4 is 9.80 Å². The van der Waals surface area contributed by atoms with E-state index in [2.05, 4.69) is 0 Å². The summed E-state index contributed by atoms with van der Waals surface area (Å²) < 4.78 is 51.2. The van der Waals surface area contributed by atoms with Crippen LogP contribution in [0.1, 0.15) is 17.5 Å². The van der Waals surface area contributed by atoms with E-state index in [0.29, 0.717) is 34.3 Å². The zero-order chi connectivity index (χ0) is 20.6. The molecule has 3 rings (SSSR count). The van der Waals surface area contributed by atoms with Crippen molar-refractivity contribution in [2.75, 3.05) is 29.6 Å². The van der Waals surface area contributed by atoms with Gasteiger partial charge in [-0.15, -0.1) is 0 Å². The van der Waals surface area contributed by atoms with Crippen molar-refractivity contribution in [2.24, 2.45) is 0 Å². The van der Waals surface area contributed by atoms with Gasteiger partial charge in [-0.25, -0.2) is 0 Å². The summed E-state index contributed by atoms with van der Waals surface area (Å²) in [5, 5.41) is 8.96. The molecule has 0 saturated heterocycles. The van der Waals surface area contributed by atoms with E-state index < -0.39 is 22.5 Å². The van der Waals surface area contributed by atoms with Crippen LogP contribution >= 0.6 is 11.6 Å². The Morgan fingerprint density at radius 3 is 2.61 bits per heavy atom. The number of alkyl halides is 3. The van der Waals surface area contributed by atoms with Gasteiger partial charge in [-0.1, -0.05) is 17.7 Å². The summed E-state index contributed by atoms with van der Waals surface area (Å²) in [5.74, 6) is 0.00112. The van der Waals surface area contributed by atoms with Crippen molar-refractivity contribution < 1.29 is 17.4 Å². The molecule has 9 heteroatoms. The number of hydrogen-bond donors (Lipinski definition) is 1. The number of fused-ring (bicyclic) bond motifs is 1. The lowest BCUT2D eigenvalue weighted by Crippen LogP contribution is -2.44. The van der Waals surface area contributed by atoms with Crippen LogP contribution in [-0.4, -0.2) is 30.0 Å².